The van der Waals surface area contributed by atoms with Crippen LogP contribution >= 0.6 is 0 Å². The maximum atomic E-state index is 14.0. The predicted molar refractivity (Wildman–Crippen MR) is 68.4 cm³/mol. The number of benzene rings is 1. The number of aromatic carboxylic acids is 1. The topological polar surface area (TPSA) is 107 Å². The molecule has 0 bridgehead atoms. The van der Waals surface area contributed by atoms with Gasteiger partial charge in [-0.3, -0.25) is 10.1 Å². The summed E-state index contributed by atoms with van der Waals surface area (Å²) in [6.07, 6.45) is 1.13. The summed E-state index contributed by atoms with van der Waals surface area (Å²) in [4.78, 5) is 21.0. The number of nitrogens with zero attached hydrogens (tertiary/aromatic N) is 3. The number of carboxylic acid groups (broad SMARTS) is 1. The fraction of sp³-hybridized carbons (Fsp3) is 0.167. The SMILES string of the molecule is COc1cc(-n2cc(C(=O)O)c(C)n2)c(F)cc1[N+](=O)[O-]. The number of ether oxygens (including phenoxy) is 1. The van der Waals surface area contributed by atoms with Gasteiger partial charge in [-0.15, -0.1) is 0 Å². The molecule has 1 aromatic carbocycles. The average Bonchev–Trinajstić information content (AvgIpc) is 2.80. The van der Waals surface area contributed by atoms with E-state index in [1.165, 1.54) is 14.0 Å². The molecule has 8 nitrogen and oxygen atoms in total. The normalized spacial score (nSPS) is 10.4. The Hall–Kier alpha value is -2.97. The summed E-state index contributed by atoms with van der Waals surface area (Å²) in [6, 6.07) is 1.79. The molecule has 0 aliphatic carbocycles. The number of carbonyl (C=O) groups is 1. The number of halogens is 1. The highest BCUT2D eigenvalue weighted by atomic mass is 19.1. The van der Waals surface area contributed by atoms with Crippen LogP contribution in [-0.2, 0) is 0 Å². The fourth-order valence-corrected chi connectivity index (χ4v) is 1.81. The van der Waals surface area contributed by atoms with Gasteiger partial charge in [0.15, 0.2) is 11.6 Å². The zero-order chi connectivity index (χ0) is 15.7. The van der Waals surface area contributed by atoms with Crippen molar-refractivity contribution < 1.29 is 24.0 Å². The molecule has 0 radical (unpaired) electrons. The van der Waals surface area contributed by atoms with Gasteiger partial charge >= 0.3 is 11.7 Å². The first-order valence-electron chi connectivity index (χ1n) is 5.67. The highest BCUT2D eigenvalue weighted by molar-refractivity contribution is 5.88. The van der Waals surface area contributed by atoms with Crippen LogP contribution in [0.2, 0.25) is 0 Å². The number of aromatic nitrogens is 2. The van der Waals surface area contributed by atoms with Gasteiger partial charge in [-0.05, 0) is 6.92 Å². The molecule has 0 atom stereocenters. The molecule has 1 aromatic heterocycles. The Morgan fingerprint density at radius 1 is 1.52 bits per heavy atom. The third kappa shape index (κ3) is 2.53. The molecule has 21 heavy (non-hydrogen) atoms. The lowest BCUT2D eigenvalue weighted by Crippen LogP contribution is -2.02. The quantitative estimate of drug-likeness (QED) is 0.682. The van der Waals surface area contributed by atoms with E-state index in [2.05, 4.69) is 5.10 Å². The molecule has 0 spiro atoms. The Labute approximate surface area is 117 Å². The van der Waals surface area contributed by atoms with Crippen molar-refractivity contribution >= 4 is 11.7 Å². The smallest absolute Gasteiger partial charge is 0.339 e. The molecule has 0 saturated carbocycles. The Kier molecular flexibility index (Phi) is 3.57. The summed E-state index contributed by atoms with van der Waals surface area (Å²) in [5.41, 5.74) is -0.569. The summed E-state index contributed by atoms with van der Waals surface area (Å²) in [5, 5.41) is 23.6. The zero-order valence-corrected chi connectivity index (χ0v) is 11.0. The molecule has 110 valence electrons. The molecule has 1 heterocycles. The van der Waals surface area contributed by atoms with Gasteiger partial charge in [-0.1, -0.05) is 0 Å². The molecule has 0 aliphatic heterocycles. The van der Waals surface area contributed by atoms with Gasteiger partial charge in [0.2, 0.25) is 0 Å². The summed E-state index contributed by atoms with van der Waals surface area (Å²) in [7, 11) is 1.21. The van der Waals surface area contributed by atoms with E-state index in [1.54, 1.807) is 0 Å². The van der Waals surface area contributed by atoms with Crippen LogP contribution in [0.4, 0.5) is 10.1 Å². The zero-order valence-electron chi connectivity index (χ0n) is 11.0. The van der Waals surface area contributed by atoms with Crippen LogP contribution in [0.25, 0.3) is 5.69 Å². The predicted octanol–water partition coefficient (Wildman–Crippen LogP) is 1.93. The number of nitro groups is 1. The number of carboxylic acids is 1. The van der Waals surface area contributed by atoms with Crippen molar-refractivity contribution in [3.8, 4) is 11.4 Å². The molecule has 0 saturated heterocycles. The van der Waals surface area contributed by atoms with Gasteiger partial charge in [0.05, 0.1) is 23.8 Å². The minimum Gasteiger partial charge on any atom is -0.490 e. The second-order valence-corrected chi connectivity index (χ2v) is 4.11. The monoisotopic (exact) mass is 295 g/mol. The molecule has 0 unspecified atom stereocenters. The summed E-state index contributed by atoms with van der Waals surface area (Å²) >= 11 is 0. The first kappa shape index (κ1) is 14.4. The largest absolute Gasteiger partial charge is 0.490 e. The molecule has 2 rings (SSSR count). The first-order valence-corrected chi connectivity index (χ1v) is 5.67. The van der Waals surface area contributed by atoms with Crippen LogP contribution < -0.4 is 4.74 Å². The highest BCUT2D eigenvalue weighted by Crippen LogP contribution is 2.31. The van der Waals surface area contributed by atoms with E-state index in [4.69, 9.17) is 9.84 Å². The second-order valence-electron chi connectivity index (χ2n) is 4.11. The van der Waals surface area contributed by atoms with Crippen molar-refractivity contribution in [1.82, 2.24) is 9.78 Å². The Bertz CT molecular complexity index is 741. The second kappa shape index (κ2) is 5.19. The van der Waals surface area contributed by atoms with Crippen LogP contribution in [0.5, 0.6) is 5.75 Å². The summed E-state index contributed by atoms with van der Waals surface area (Å²) in [6.45, 7) is 1.46. The summed E-state index contributed by atoms with van der Waals surface area (Å²) < 4.78 is 19.8. The minimum atomic E-state index is -1.20. The van der Waals surface area contributed by atoms with Crippen molar-refractivity contribution in [1.29, 1.82) is 0 Å². The van der Waals surface area contributed by atoms with Gasteiger partial charge in [0.1, 0.15) is 11.3 Å². The van der Waals surface area contributed by atoms with E-state index < -0.39 is 22.4 Å². The maximum Gasteiger partial charge on any atom is 0.339 e. The van der Waals surface area contributed by atoms with E-state index in [0.29, 0.717) is 6.07 Å². The van der Waals surface area contributed by atoms with Crippen molar-refractivity contribution in [3.05, 3.63) is 45.5 Å². The van der Waals surface area contributed by atoms with Gasteiger partial charge in [-0.25, -0.2) is 13.9 Å². The van der Waals surface area contributed by atoms with Crippen LogP contribution in [0, 0.1) is 22.9 Å². The lowest BCUT2D eigenvalue weighted by atomic mass is 10.2. The highest BCUT2D eigenvalue weighted by Gasteiger charge is 2.22. The van der Waals surface area contributed by atoms with Gasteiger partial charge in [0, 0.05) is 12.3 Å². The minimum absolute atomic E-state index is 0.0910. The lowest BCUT2D eigenvalue weighted by Gasteiger charge is -2.07. The number of rotatable bonds is 4. The van der Waals surface area contributed by atoms with Crippen molar-refractivity contribution in [2.45, 2.75) is 6.92 Å². The Balaban J connectivity index is 2.62. The van der Waals surface area contributed by atoms with Crippen LogP contribution in [0.3, 0.4) is 0 Å². The first-order chi connectivity index (χ1) is 9.85. The van der Waals surface area contributed by atoms with E-state index in [-0.39, 0.29) is 22.7 Å². The third-order valence-electron chi connectivity index (χ3n) is 2.82. The van der Waals surface area contributed by atoms with Crippen LogP contribution in [-0.4, -0.2) is 32.9 Å². The van der Waals surface area contributed by atoms with Crippen molar-refractivity contribution in [2.75, 3.05) is 7.11 Å². The Morgan fingerprint density at radius 3 is 2.67 bits per heavy atom. The number of hydrogen-bond donors (Lipinski definition) is 1. The molecular weight excluding hydrogens is 285 g/mol. The molecule has 0 fully saturated rings. The van der Waals surface area contributed by atoms with Crippen LogP contribution in [0.1, 0.15) is 16.1 Å². The number of nitro benzene ring substituents is 1. The molecule has 0 aliphatic rings. The standard InChI is InChI=1S/C12H10FN3O5/c1-6-7(12(17)18)5-15(14-6)9-4-11(21-2)10(16(19)20)3-8(9)13/h3-5H,1-2H3,(H,17,18). The van der Waals surface area contributed by atoms with Gasteiger partial charge in [-0.2, -0.15) is 5.10 Å². The number of aryl methyl sites for hydroxylation is 1. The molecule has 9 heteroatoms. The molecule has 1 N–H and O–H groups in total. The van der Waals surface area contributed by atoms with E-state index in [1.807, 2.05) is 0 Å². The number of hydrogen-bond acceptors (Lipinski definition) is 5. The van der Waals surface area contributed by atoms with E-state index >= 15 is 0 Å². The summed E-state index contributed by atoms with van der Waals surface area (Å²) in [5.74, 6) is -2.27. The molecular formula is C12H10FN3O5. The van der Waals surface area contributed by atoms with Crippen LogP contribution in [0.15, 0.2) is 18.3 Å². The lowest BCUT2D eigenvalue weighted by molar-refractivity contribution is -0.385. The molecule has 0 amide bonds. The third-order valence-corrected chi connectivity index (χ3v) is 2.82. The van der Waals surface area contributed by atoms with E-state index in [0.717, 1.165) is 16.9 Å². The van der Waals surface area contributed by atoms with Gasteiger partial charge < -0.3 is 9.84 Å². The Morgan fingerprint density at radius 2 is 2.19 bits per heavy atom. The average molecular weight is 295 g/mol. The van der Waals surface area contributed by atoms with Crippen molar-refractivity contribution in [2.24, 2.45) is 0 Å². The van der Waals surface area contributed by atoms with Gasteiger partial charge in [0.25, 0.3) is 0 Å². The number of methoxy groups -OCH3 is 1. The maximum absolute atomic E-state index is 14.0. The van der Waals surface area contributed by atoms with Crippen molar-refractivity contribution in [3.63, 3.8) is 0 Å². The fourth-order valence-electron chi connectivity index (χ4n) is 1.81. The molecule has 2 aromatic rings. The van der Waals surface area contributed by atoms with E-state index in [9.17, 15) is 19.3 Å².